The van der Waals surface area contributed by atoms with Gasteiger partial charge in [-0.1, -0.05) is 18.2 Å². The second kappa shape index (κ2) is 6.95. The number of aromatic nitrogens is 1. The molecule has 0 saturated carbocycles. The van der Waals surface area contributed by atoms with Crippen LogP contribution in [0.4, 0.5) is 4.79 Å². The number of hydrogen-bond acceptors (Lipinski definition) is 4. The Kier molecular flexibility index (Phi) is 5.00. The molecule has 0 aliphatic heterocycles. The minimum Gasteiger partial charge on any atom is -0.448 e. The Balaban J connectivity index is 1.96. The number of esters is 1. The molecule has 0 unspecified atom stereocenters. The number of para-hydroxylation sites is 1. The lowest BCUT2D eigenvalue weighted by atomic mass is 10.2. The Hall–Kier alpha value is -2.83. The molecule has 0 aliphatic rings. The maximum absolute atomic E-state index is 12.1. The van der Waals surface area contributed by atoms with Crippen molar-refractivity contribution in [2.24, 2.45) is 0 Å². The van der Waals surface area contributed by atoms with Gasteiger partial charge in [0, 0.05) is 16.9 Å². The van der Waals surface area contributed by atoms with Crippen LogP contribution in [0.5, 0.6) is 0 Å². The Bertz CT molecular complexity index is 703. The number of imide groups is 1. The Morgan fingerprint density at radius 1 is 1.13 bits per heavy atom. The summed E-state index contributed by atoms with van der Waals surface area (Å²) in [7, 11) is 0. The van der Waals surface area contributed by atoms with Crippen LogP contribution < -0.4 is 10.6 Å². The van der Waals surface area contributed by atoms with Crippen LogP contribution in [0.15, 0.2) is 30.3 Å². The van der Waals surface area contributed by atoms with Gasteiger partial charge in [-0.25, -0.2) is 9.59 Å². The fraction of sp³-hybridized carbons (Fsp3) is 0.312. The van der Waals surface area contributed by atoms with Gasteiger partial charge in [-0.2, -0.15) is 0 Å². The molecule has 0 bridgehead atoms. The highest BCUT2D eigenvalue weighted by atomic mass is 16.5. The van der Waals surface area contributed by atoms with Gasteiger partial charge in [0.1, 0.15) is 5.69 Å². The zero-order valence-electron chi connectivity index (χ0n) is 13.2. The van der Waals surface area contributed by atoms with Crippen LogP contribution in [0.3, 0.4) is 0 Å². The van der Waals surface area contributed by atoms with Crippen molar-refractivity contribution < 1.29 is 19.1 Å². The first kappa shape index (κ1) is 16.5. The number of ether oxygens (including phenoxy) is 1. The van der Waals surface area contributed by atoms with E-state index in [0.29, 0.717) is 0 Å². The summed E-state index contributed by atoms with van der Waals surface area (Å²) in [5, 5.41) is 5.50. The van der Waals surface area contributed by atoms with E-state index in [2.05, 4.69) is 15.6 Å². The van der Waals surface area contributed by atoms with Gasteiger partial charge >= 0.3 is 12.0 Å². The van der Waals surface area contributed by atoms with E-state index >= 15 is 0 Å². The summed E-state index contributed by atoms with van der Waals surface area (Å²) in [6, 6.07) is 8.30. The van der Waals surface area contributed by atoms with Gasteiger partial charge in [0.15, 0.2) is 6.10 Å². The lowest BCUT2D eigenvalue weighted by Gasteiger charge is -2.13. The van der Waals surface area contributed by atoms with E-state index in [4.69, 9.17) is 4.74 Å². The van der Waals surface area contributed by atoms with E-state index in [1.807, 2.05) is 24.3 Å². The minimum absolute atomic E-state index is 0.105. The molecule has 23 heavy (non-hydrogen) atoms. The molecule has 2 aromatic rings. The van der Waals surface area contributed by atoms with Gasteiger partial charge in [-0.05, 0) is 32.9 Å². The lowest BCUT2D eigenvalue weighted by Crippen LogP contribution is -2.46. The van der Waals surface area contributed by atoms with Crippen molar-refractivity contribution >= 4 is 28.8 Å². The summed E-state index contributed by atoms with van der Waals surface area (Å²) in [5.41, 5.74) is 1.05. The monoisotopic (exact) mass is 317 g/mol. The molecule has 2 rings (SSSR count). The molecular weight excluding hydrogens is 298 g/mol. The maximum Gasteiger partial charge on any atom is 0.355 e. The predicted octanol–water partition coefficient (Wildman–Crippen LogP) is 1.95. The molecule has 1 aromatic heterocycles. The zero-order chi connectivity index (χ0) is 17.0. The van der Waals surface area contributed by atoms with Crippen LogP contribution in [0.25, 0.3) is 10.9 Å². The molecule has 1 atom stereocenters. The van der Waals surface area contributed by atoms with Crippen LogP contribution >= 0.6 is 0 Å². The predicted molar refractivity (Wildman–Crippen MR) is 85.0 cm³/mol. The second-order valence-corrected chi connectivity index (χ2v) is 5.44. The van der Waals surface area contributed by atoms with Gasteiger partial charge in [0.05, 0.1) is 0 Å². The number of amides is 3. The number of fused-ring (bicyclic) bond motifs is 1. The molecule has 7 nitrogen and oxygen atoms in total. The molecular formula is C16H19N3O4. The number of hydrogen-bond donors (Lipinski definition) is 3. The van der Waals surface area contributed by atoms with Crippen LogP contribution in [0, 0.1) is 0 Å². The first-order chi connectivity index (χ1) is 10.9. The van der Waals surface area contributed by atoms with Crippen LogP contribution in [-0.4, -0.2) is 35.0 Å². The van der Waals surface area contributed by atoms with Gasteiger partial charge in [-0.3, -0.25) is 10.1 Å². The molecule has 0 spiro atoms. The van der Waals surface area contributed by atoms with E-state index in [1.54, 1.807) is 19.9 Å². The third-order valence-electron chi connectivity index (χ3n) is 3.06. The van der Waals surface area contributed by atoms with E-state index < -0.39 is 24.0 Å². The van der Waals surface area contributed by atoms with Gasteiger partial charge in [0.2, 0.25) is 0 Å². The Morgan fingerprint density at radius 3 is 2.48 bits per heavy atom. The standard InChI is InChI=1S/C16H19N3O4/c1-9(2)17-16(22)19-14(20)10(3)23-15(21)13-8-11-6-4-5-7-12(11)18-13/h4-10,18H,1-3H3,(H2,17,19,20,22)/t10-/m1/s1. The highest BCUT2D eigenvalue weighted by Crippen LogP contribution is 2.15. The average molecular weight is 317 g/mol. The van der Waals surface area contributed by atoms with E-state index in [9.17, 15) is 14.4 Å². The Morgan fingerprint density at radius 2 is 1.83 bits per heavy atom. The number of nitrogens with one attached hydrogen (secondary N) is 3. The molecule has 0 radical (unpaired) electrons. The third-order valence-corrected chi connectivity index (χ3v) is 3.06. The first-order valence-corrected chi connectivity index (χ1v) is 7.27. The fourth-order valence-electron chi connectivity index (χ4n) is 1.97. The minimum atomic E-state index is -1.09. The number of urea groups is 1. The van der Waals surface area contributed by atoms with Gasteiger partial charge < -0.3 is 15.0 Å². The van der Waals surface area contributed by atoms with Gasteiger partial charge in [0.25, 0.3) is 5.91 Å². The zero-order valence-corrected chi connectivity index (χ0v) is 13.2. The highest BCUT2D eigenvalue weighted by Gasteiger charge is 2.21. The number of carbonyl (C=O) groups is 3. The van der Waals surface area contributed by atoms with Crippen LogP contribution in [-0.2, 0) is 9.53 Å². The summed E-state index contributed by atoms with van der Waals surface area (Å²) < 4.78 is 5.07. The number of benzene rings is 1. The number of carbonyl (C=O) groups excluding carboxylic acids is 3. The molecule has 3 N–H and O–H groups in total. The van der Waals surface area contributed by atoms with Crippen molar-refractivity contribution in [3.8, 4) is 0 Å². The van der Waals surface area contributed by atoms with E-state index in [-0.39, 0.29) is 11.7 Å². The normalized spacial score (nSPS) is 12.0. The number of H-pyrrole nitrogens is 1. The third kappa shape index (κ3) is 4.32. The first-order valence-electron chi connectivity index (χ1n) is 7.27. The summed E-state index contributed by atoms with van der Waals surface area (Å²) >= 11 is 0. The van der Waals surface area contributed by atoms with Crippen molar-refractivity contribution in [2.45, 2.75) is 32.9 Å². The lowest BCUT2D eigenvalue weighted by molar-refractivity contribution is -0.127. The largest absolute Gasteiger partial charge is 0.448 e. The van der Waals surface area contributed by atoms with Crippen molar-refractivity contribution in [1.29, 1.82) is 0 Å². The Labute approximate surface area is 133 Å². The molecule has 0 aliphatic carbocycles. The quantitative estimate of drug-likeness (QED) is 0.750. The number of aromatic amines is 1. The van der Waals surface area contributed by atoms with Crippen molar-refractivity contribution in [1.82, 2.24) is 15.6 Å². The summed E-state index contributed by atoms with van der Waals surface area (Å²) in [5.74, 6) is -1.35. The molecule has 0 fully saturated rings. The SMILES string of the molecule is CC(C)NC(=O)NC(=O)[C@@H](C)OC(=O)c1cc2ccccc2[nH]1. The smallest absolute Gasteiger partial charge is 0.355 e. The molecule has 1 aromatic carbocycles. The molecule has 1 heterocycles. The van der Waals surface area contributed by atoms with Gasteiger partial charge in [-0.15, -0.1) is 0 Å². The molecule has 122 valence electrons. The summed E-state index contributed by atoms with van der Waals surface area (Å²) in [6.45, 7) is 4.94. The van der Waals surface area contributed by atoms with E-state index in [0.717, 1.165) is 10.9 Å². The van der Waals surface area contributed by atoms with Crippen LogP contribution in [0.2, 0.25) is 0 Å². The maximum atomic E-state index is 12.1. The topological polar surface area (TPSA) is 100 Å². The number of rotatable bonds is 4. The average Bonchev–Trinajstić information content (AvgIpc) is 2.90. The highest BCUT2D eigenvalue weighted by molar-refractivity contribution is 5.99. The fourth-order valence-corrected chi connectivity index (χ4v) is 1.97. The van der Waals surface area contributed by atoms with Crippen LogP contribution in [0.1, 0.15) is 31.3 Å². The molecule has 0 saturated heterocycles. The van der Waals surface area contributed by atoms with Crippen molar-refractivity contribution in [2.75, 3.05) is 0 Å². The second-order valence-electron chi connectivity index (χ2n) is 5.44. The van der Waals surface area contributed by atoms with Crippen molar-refractivity contribution in [3.05, 3.63) is 36.0 Å². The van der Waals surface area contributed by atoms with Crippen molar-refractivity contribution in [3.63, 3.8) is 0 Å². The van der Waals surface area contributed by atoms with E-state index in [1.165, 1.54) is 6.92 Å². The summed E-state index contributed by atoms with van der Waals surface area (Å²) in [6.07, 6.45) is -1.09. The summed E-state index contributed by atoms with van der Waals surface area (Å²) in [4.78, 5) is 38.2. The molecule has 7 heteroatoms. The molecule has 3 amide bonds.